The van der Waals surface area contributed by atoms with Crippen molar-refractivity contribution in [3.63, 3.8) is 0 Å². The third kappa shape index (κ3) is 5.14. The van der Waals surface area contributed by atoms with E-state index in [1.807, 2.05) is 32.9 Å². The van der Waals surface area contributed by atoms with Crippen molar-refractivity contribution >= 4 is 33.2 Å². The van der Waals surface area contributed by atoms with E-state index in [0.29, 0.717) is 18.2 Å². The standard InChI is InChI=1S/C13H19BrClNO2/c1-8(2)18-7-10(17)6-16-13-5-12(15)9(3)4-11(13)14/h4-5,8,10,16-17H,6-7H2,1-3H3. The summed E-state index contributed by atoms with van der Waals surface area (Å²) in [6.07, 6.45) is -0.417. The summed E-state index contributed by atoms with van der Waals surface area (Å²) in [5.41, 5.74) is 1.88. The number of rotatable bonds is 6. The summed E-state index contributed by atoms with van der Waals surface area (Å²) in [7, 11) is 0. The summed E-state index contributed by atoms with van der Waals surface area (Å²) in [4.78, 5) is 0. The van der Waals surface area contributed by atoms with Gasteiger partial charge in [0.1, 0.15) is 0 Å². The smallest absolute Gasteiger partial charge is 0.0945 e. The normalized spacial score (nSPS) is 12.8. The van der Waals surface area contributed by atoms with Gasteiger partial charge in [-0.15, -0.1) is 0 Å². The SMILES string of the molecule is Cc1cc(Br)c(NCC(O)COC(C)C)cc1Cl. The Hall–Kier alpha value is -0.290. The molecule has 102 valence electrons. The van der Waals surface area contributed by atoms with Crippen LogP contribution in [0, 0.1) is 6.92 Å². The van der Waals surface area contributed by atoms with Gasteiger partial charge in [-0.25, -0.2) is 0 Å². The molecular weight excluding hydrogens is 318 g/mol. The number of nitrogens with one attached hydrogen (secondary N) is 1. The molecule has 1 rings (SSSR count). The Morgan fingerprint density at radius 3 is 2.72 bits per heavy atom. The Labute approximate surface area is 122 Å². The first-order valence-electron chi connectivity index (χ1n) is 5.89. The molecule has 0 aromatic heterocycles. The molecule has 0 radical (unpaired) electrons. The Bertz CT molecular complexity index is 399. The molecule has 2 N–H and O–H groups in total. The highest BCUT2D eigenvalue weighted by Crippen LogP contribution is 2.29. The molecule has 0 aliphatic carbocycles. The maximum Gasteiger partial charge on any atom is 0.0945 e. The second kappa shape index (κ2) is 7.34. The van der Waals surface area contributed by atoms with E-state index in [1.165, 1.54) is 0 Å². The number of hydrogen-bond acceptors (Lipinski definition) is 3. The second-order valence-electron chi connectivity index (χ2n) is 4.50. The third-order valence-electron chi connectivity index (χ3n) is 2.40. The van der Waals surface area contributed by atoms with Crippen molar-refractivity contribution in [2.45, 2.75) is 33.0 Å². The van der Waals surface area contributed by atoms with Crippen LogP contribution in [0.1, 0.15) is 19.4 Å². The van der Waals surface area contributed by atoms with Crippen LogP contribution in [0.3, 0.4) is 0 Å². The molecule has 0 heterocycles. The summed E-state index contributed by atoms with van der Waals surface area (Å²) in [5, 5.41) is 13.6. The number of halogens is 2. The Kier molecular flexibility index (Phi) is 6.43. The van der Waals surface area contributed by atoms with Crippen LogP contribution >= 0.6 is 27.5 Å². The number of hydrogen-bond donors (Lipinski definition) is 2. The average Bonchev–Trinajstić information content (AvgIpc) is 2.29. The van der Waals surface area contributed by atoms with Crippen molar-refractivity contribution < 1.29 is 9.84 Å². The minimum atomic E-state index is -0.542. The van der Waals surface area contributed by atoms with E-state index >= 15 is 0 Å². The molecule has 1 atom stereocenters. The Morgan fingerprint density at radius 1 is 1.44 bits per heavy atom. The molecule has 18 heavy (non-hydrogen) atoms. The maximum absolute atomic E-state index is 9.74. The van der Waals surface area contributed by atoms with Crippen molar-refractivity contribution in [2.24, 2.45) is 0 Å². The van der Waals surface area contributed by atoms with Gasteiger partial charge in [-0.3, -0.25) is 0 Å². The quantitative estimate of drug-likeness (QED) is 0.834. The number of aryl methyl sites for hydroxylation is 1. The van der Waals surface area contributed by atoms with Crippen LogP contribution in [0.2, 0.25) is 5.02 Å². The summed E-state index contributed by atoms with van der Waals surface area (Å²) < 4.78 is 6.27. The molecule has 1 aromatic carbocycles. The van der Waals surface area contributed by atoms with Crippen LogP contribution in [0.5, 0.6) is 0 Å². The Balaban J connectivity index is 2.50. The van der Waals surface area contributed by atoms with Crippen molar-refractivity contribution in [3.05, 3.63) is 27.2 Å². The number of benzene rings is 1. The first-order chi connectivity index (χ1) is 8.40. The van der Waals surface area contributed by atoms with Crippen molar-refractivity contribution in [1.29, 1.82) is 0 Å². The summed E-state index contributed by atoms with van der Waals surface area (Å²) in [6.45, 7) is 6.57. The van der Waals surface area contributed by atoms with E-state index in [4.69, 9.17) is 16.3 Å². The lowest BCUT2D eigenvalue weighted by Gasteiger charge is -2.16. The molecule has 0 amide bonds. The highest BCUT2D eigenvalue weighted by Gasteiger charge is 2.08. The number of aliphatic hydroxyl groups is 1. The molecule has 0 spiro atoms. The van der Waals surface area contributed by atoms with E-state index in [1.54, 1.807) is 0 Å². The molecule has 3 nitrogen and oxygen atoms in total. The fraction of sp³-hybridized carbons (Fsp3) is 0.538. The average molecular weight is 337 g/mol. The van der Waals surface area contributed by atoms with Gasteiger partial charge in [-0.2, -0.15) is 0 Å². The van der Waals surface area contributed by atoms with Gasteiger partial charge in [0, 0.05) is 16.0 Å². The zero-order valence-corrected chi connectivity index (χ0v) is 13.2. The van der Waals surface area contributed by atoms with Gasteiger partial charge < -0.3 is 15.2 Å². The van der Waals surface area contributed by atoms with Crippen LogP contribution in [0.4, 0.5) is 5.69 Å². The minimum absolute atomic E-state index is 0.125. The predicted octanol–water partition coefficient (Wildman–Crippen LogP) is 3.61. The number of ether oxygens (including phenoxy) is 1. The van der Waals surface area contributed by atoms with Crippen LogP contribution in [0.15, 0.2) is 16.6 Å². The molecule has 0 aliphatic rings. The van der Waals surface area contributed by atoms with Gasteiger partial charge in [-0.1, -0.05) is 11.6 Å². The van der Waals surface area contributed by atoms with Crippen molar-refractivity contribution in [3.8, 4) is 0 Å². The molecule has 5 heteroatoms. The fourth-order valence-electron chi connectivity index (χ4n) is 1.37. The topological polar surface area (TPSA) is 41.5 Å². The minimum Gasteiger partial charge on any atom is -0.389 e. The van der Waals surface area contributed by atoms with Gasteiger partial charge >= 0.3 is 0 Å². The van der Waals surface area contributed by atoms with Gasteiger partial charge in [0.25, 0.3) is 0 Å². The summed E-state index contributed by atoms with van der Waals surface area (Å²) >= 11 is 9.52. The van der Waals surface area contributed by atoms with Crippen LogP contribution in [-0.2, 0) is 4.74 Å². The Morgan fingerprint density at radius 2 is 2.11 bits per heavy atom. The first kappa shape index (κ1) is 15.8. The van der Waals surface area contributed by atoms with E-state index in [2.05, 4.69) is 21.2 Å². The lowest BCUT2D eigenvalue weighted by Crippen LogP contribution is -2.26. The van der Waals surface area contributed by atoms with E-state index in [-0.39, 0.29) is 6.10 Å². The lowest BCUT2D eigenvalue weighted by atomic mass is 10.2. The summed E-state index contributed by atoms with van der Waals surface area (Å²) in [6, 6.07) is 3.79. The van der Waals surface area contributed by atoms with Gasteiger partial charge in [0.15, 0.2) is 0 Å². The highest BCUT2D eigenvalue weighted by atomic mass is 79.9. The van der Waals surface area contributed by atoms with Gasteiger partial charge in [0.05, 0.1) is 24.5 Å². The van der Waals surface area contributed by atoms with E-state index < -0.39 is 6.10 Å². The van der Waals surface area contributed by atoms with Crippen molar-refractivity contribution in [2.75, 3.05) is 18.5 Å². The zero-order valence-electron chi connectivity index (χ0n) is 10.8. The number of anilines is 1. The third-order valence-corrected chi connectivity index (χ3v) is 3.46. The zero-order chi connectivity index (χ0) is 13.7. The van der Waals surface area contributed by atoms with Crippen LogP contribution < -0.4 is 5.32 Å². The molecule has 0 fully saturated rings. The van der Waals surface area contributed by atoms with Crippen molar-refractivity contribution in [1.82, 2.24) is 0 Å². The maximum atomic E-state index is 9.74. The van der Waals surface area contributed by atoms with Gasteiger partial charge in [-0.05, 0) is 54.4 Å². The lowest BCUT2D eigenvalue weighted by molar-refractivity contribution is 0.0112. The van der Waals surface area contributed by atoms with Crippen LogP contribution in [-0.4, -0.2) is 30.5 Å². The summed E-state index contributed by atoms with van der Waals surface area (Å²) in [5.74, 6) is 0. The monoisotopic (exact) mass is 335 g/mol. The van der Waals surface area contributed by atoms with Gasteiger partial charge in [0.2, 0.25) is 0 Å². The van der Waals surface area contributed by atoms with E-state index in [9.17, 15) is 5.11 Å². The molecule has 0 saturated heterocycles. The van der Waals surface area contributed by atoms with Crippen LogP contribution in [0.25, 0.3) is 0 Å². The fourth-order valence-corrected chi connectivity index (χ4v) is 2.13. The molecule has 0 bridgehead atoms. The second-order valence-corrected chi connectivity index (χ2v) is 5.76. The first-order valence-corrected chi connectivity index (χ1v) is 7.06. The molecule has 1 unspecified atom stereocenters. The molecule has 0 saturated carbocycles. The molecular formula is C13H19BrClNO2. The highest BCUT2D eigenvalue weighted by molar-refractivity contribution is 9.10. The molecule has 1 aromatic rings. The van der Waals surface area contributed by atoms with E-state index in [0.717, 1.165) is 15.7 Å². The predicted molar refractivity (Wildman–Crippen MR) is 79.5 cm³/mol. The number of aliphatic hydroxyl groups excluding tert-OH is 1. The molecule has 0 aliphatic heterocycles. The largest absolute Gasteiger partial charge is 0.389 e.